The molecule has 1 aromatic carbocycles. The van der Waals surface area contributed by atoms with Crippen molar-refractivity contribution in [2.45, 2.75) is 77.4 Å². The molecule has 1 aromatic heterocycles. The number of esters is 2. The first-order chi connectivity index (χ1) is 15.6. The summed E-state index contributed by atoms with van der Waals surface area (Å²) < 4.78 is 22.3. The summed E-state index contributed by atoms with van der Waals surface area (Å²) in [6.45, 7) is 7.90. The number of fused-ring (bicyclic) bond motifs is 3. The summed E-state index contributed by atoms with van der Waals surface area (Å²) in [6.07, 6.45) is 5.19. The van der Waals surface area contributed by atoms with Gasteiger partial charge in [-0.3, -0.25) is 4.79 Å². The van der Waals surface area contributed by atoms with Gasteiger partial charge in [-0.1, -0.05) is 29.4 Å². The van der Waals surface area contributed by atoms with E-state index in [-0.39, 0.29) is 17.0 Å². The molecule has 33 heavy (non-hydrogen) atoms. The highest BCUT2D eigenvalue weighted by Gasteiger charge is 2.50. The van der Waals surface area contributed by atoms with Crippen LogP contribution in [0, 0.1) is 12.3 Å². The van der Waals surface area contributed by atoms with Crippen molar-refractivity contribution in [2.75, 3.05) is 13.7 Å². The molecule has 0 atom stereocenters. The van der Waals surface area contributed by atoms with Crippen molar-refractivity contribution in [3.05, 3.63) is 41.1 Å². The zero-order chi connectivity index (χ0) is 23.9. The van der Waals surface area contributed by atoms with E-state index in [1.807, 2.05) is 32.9 Å². The van der Waals surface area contributed by atoms with Gasteiger partial charge in [0.05, 0.1) is 25.0 Å². The maximum Gasteiger partial charge on any atom is 0.344 e. The van der Waals surface area contributed by atoms with Crippen molar-refractivity contribution in [2.24, 2.45) is 5.41 Å². The van der Waals surface area contributed by atoms with Gasteiger partial charge in [0.2, 0.25) is 0 Å². The van der Waals surface area contributed by atoms with Crippen LogP contribution in [-0.2, 0) is 24.6 Å². The van der Waals surface area contributed by atoms with Crippen LogP contribution in [0.4, 0.5) is 0 Å². The topological polar surface area (TPSA) is 87.9 Å². The molecule has 2 bridgehead atoms. The molecular formula is C26H33NO6. The minimum absolute atomic E-state index is 0.0789. The van der Waals surface area contributed by atoms with Gasteiger partial charge in [0.15, 0.2) is 5.76 Å². The average molecular weight is 456 g/mol. The quantitative estimate of drug-likeness (QED) is 0.543. The Morgan fingerprint density at radius 1 is 1.09 bits per heavy atom. The number of aryl methyl sites for hydroxylation is 1. The molecule has 2 aliphatic heterocycles. The third-order valence-corrected chi connectivity index (χ3v) is 7.00. The summed E-state index contributed by atoms with van der Waals surface area (Å²) in [6, 6.07) is 8.02. The highest BCUT2D eigenvalue weighted by molar-refractivity contribution is 5.97. The molecule has 0 spiro atoms. The fourth-order valence-electron chi connectivity index (χ4n) is 4.99. The first-order valence-electron chi connectivity index (χ1n) is 11.6. The van der Waals surface area contributed by atoms with Crippen LogP contribution in [0.5, 0.6) is 0 Å². The van der Waals surface area contributed by atoms with E-state index in [1.165, 1.54) is 7.11 Å². The molecule has 3 fully saturated rings. The molecule has 7 heteroatoms. The van der Waals surface area contributed by atoms with Crippen LogP contribution in [0.1, 0.15) is 80.9 Å². The molecule has 2 aromatic rings. The van der Waals surface area contributed by atoms with Crippen molar-refractivity contribution in [1.82, 2.24) is 5.16 Å². The Balaban J connectivity index is 1.50. The molecule has 5 rings (SSSR count). The van der Waals surface area contributed by atoms with Crippen molar-refractivity contribution >= 4 is 11.9 Å². The van der Waals surface area contributed by atoms with E-state index in [0.717, 1.165) is 43.2 Å². The molecule has 2 saturated heterocycles. The number of carbonyl (C=O) groups excluding carboxylic acids is 2. The Morgan fingerprint density at radius 3 is 2.30 bits per heavy atom. The Morgan fingerprint density at radius 2 is 1.76 bits per heavy atom. The van der Waals surface area contributed by atoms with Crippen LogP contribution in [0.15, 0.2) is 28.8 Å². The summed E-state index contributed by atoms with van der Waals surface area (Å²) in [5.41, 5.74) is 1.95. The molecule has 7 nitrogen and oxygen atoms in total. The molecule has 0 N–H and O–H groups in total. The summed E-state index contributed by atoms with van der Waals surface area (Å²) in [5, 5.41) is 4.00. The molecule has 1 aliphatic carbocycles. The van der Waals surface area contributed by atoms with Gasteiger partial charge in [0.25, 0.3) is 0 Å². The van der Waals surface area contributed by atoms with Crippen LogP contribution in [0.2, 0.25) is 0 Å². The third kappa shape index (κ3) is 4.69. The van der Waals surface area contributed by atoms with Gasteiger partial charge >= 0.3 is 11.9 Å². The molecule has 0 unspecified atom stereocenters. The summed E-state index contributed by atoms with van der Waals surface area (Å²) in [7, 11) is 1.43. The van der Waals surface area contributed by atoms with Crippen molar-refractivity contribution < 1.29 is 28.3 Å². The second-order valence-corrected chi connectivity index (χ2v) is 10.4. The number of rotatable bonds is 6. The maximum atomic E-state index is 12.7. The van der Waals surface area contributed by atoms with Crippen LogP contribution in [0.25, 0.3) is 11.3 Å². The lowest BCUT2D eigenvalue weighted by Gasteiger charge is -2.53. The van der Waals surface area contributed by atoms with Crippen molar-refractivity contribution in [3.63, 3.8) is 0 Å². The molecule has 1 saturated carbocycles. The Bertz CT molecular complexity index is 1010. The zero-order valence-corrected chi connectivity index (χ0v) is 20.2. The minimum Gasteiger partial charge on any atom is -0.469 e. The first-order valence-corrected chi connectivity index (χ1v) is 11.6. The van der Waals surface area contributed by atoms with Gasteiger partial charge in [0.1, 0.15) is 11.2 Å². The number of ether oxygens (including phenoxy) is 3. The molecule has 178 valence electrons. The van der Waals surface area contributed by atoms with Crippen LogP contribution in [-0.4, -0.2) is 36.4 Å². The predicted molar refractivity (Wildman–Crippen MR) is 122 cm³/mol. The summed E-state index contributed by atoms with van der Waals surface area (Å²) in [5.74, 6) is -0.179. The Labute approximate surface area is 194 Å². The van der Waals surface area contributed by atoms with E-state index in [0.29, 0.717) is 30.0 Å². The lowest BCUT2D eigenvalue weighted by Crippen LogP contribution is -2.49. The van der Waals surface area contributed by atoms with Crippen molar-refractivity contribution in [3.8, 4) is 11.3 Å². The average Bonchev–Trinajstić information content (AvgIpc) is 3.19. The number of hydrogen-bond donors (Lipinski definition) is 0. The van der Waals surface area contributed by atoms with Gasteiger partial charge in [-0.15, -0.1) is 0 Å². The fourth-order valence-corrected chi connectivity index (χ4v) is 4.99. The Hall–Kier alpha value is -2.67. The van der Waals surface area contributed by atoms with Crippen molar-refractivity contribution in [1.29, 1.82) is 0 Å². The van der Waals surface area contributed by atoms with E-state index < -0.39 is 11.6 Å². The van der Waals surface area contributed by atoms with Crippen LogP contribution < -0.4 is 0 Å². The maximum absolute atomic E-state index is 12.7. The lowest BCUT2D eigenvalue weighted by atomic mass is 9.62. The third-order valence-electron chi connectivity index (χ3n) is 7.00. The number of hydrogen-bond acceptors (Lipinski definition) is 7. The number of nitrogens with zero attached hydrogens (tertiary/aromatic N) is 1. The Kier molecular flexibility index (Phi) is 6.12. The second kappa shape index (κ2) is 8.60. The molecule has 3 heterocycles. The van der Waals surface area contributed by atoms with Gasteiger partial charge in [-0.05, 0) is 70.8 Å². The SMILES string of the molecule is COC(=O)CCC12CCC(c3ccc(-c4onc(C)c4C(=O)OC(C)(C)C)cc3)(CC1)OC2. The van der Waals surface area contributed by atoms with E-state index in [4.69, 9.17) is 18.7 Å². The monoisotopic (exact) mass is 455 g/mol. The highest BCUT2D eigenvalue weighted by atomic mass is 16.6. The van der Waals surface area contributed by atoms with Gasteiger partial charge in [-0.25, -0.2) is 4.79 Å². The lowest BCUT2D eigenvalue weighted by molar-refractivity contribution is -0.192. The predicted octanol–water partition coefficient (Wildman–Crippen LogP) is 5.34. The van der Waals surface area contributed by atoms with E-state index >= 15 is 0 Å². The number of benzene rings is 1. The fraction of sp³-hybridized carbons (Fsp3) is 0.577. The summed E-state index contributed by atoms with van der Waals surface area (Å²) in [4.78, 5) is 24.3. The van der Waals surface area contributed by atoms with Gasteiger partial charge in [0, 0.05) is 12.0 Å². The smallest absolute Gasteiger partial charge is 0.344 e. The molecule has 0 radical (unpaired) electrons. The van der Waals surface area contributed by atoms with E-state index in [9.17, 15) is 9.59 Å². The second-order valence-electron chi connectivity index (χ2n) is 10.4. The van der Waals surface area contributed by atoms with Crippen LogP contribution >= 0.6 is 0 Å². The first kappa shape index (κ1) is 23.5. The van der Waals surface area contributed by atoms with E-state index in [2.05, 4.69) is 17.3 Å². The molecule has 3 aliphatic rings. The summed E-state index contributed by atoms with van der Waals surface area (Å²) >= 11 is 0. The number of aromatic nitrogens is 1. The largest absolute Gasteiger partial charge is 0.469 e. The molecule has 0 amide bonds. The van der Waals surface area contributed by atoms with Crippen LogP contribution in [0.3, 0.4) is 0 Å². The number of carbonyl (C=O) groups is 2. The van der Waals surface area contributed by atoms with Gasteiger partial charge in [-0.2, -0.15) is 0 Å². The number of methoxy groups -OCH3 is 1. The van der Waals surface area contributed by atoms with E-state index in [1.54, 1.807) is 6.92 Å². The minimum atomic E-state index is -0.605. The normalized spacial score (nSPS) is 24.5. The van der Waals surface area contributed by atoms with Gasteiger partial charge < -0.3 is 18.7 Å². The highest BCUT2D eigenvalue weighted by Crippen LogP contribution is 2.55. The zero-order valence-electron chi connectivity index (χ0n) is 20.2. The standard InChI is InChI=1S/C26H33NO6/c1-17-21(23(29)32-24(2,3)4)22(33-27-17)18-6-8-19(9-7-18)26-14-12-25(13-15-26,16-31-26)11-10-20(28)30-5/h6-9H,10-16H2,1-5H3. The molecular weight excluding hydrogens is 422 g/mol.